The lowest BCUT2D eigenvalue weighted by atomic mass is 10.1. The summed E-state index contributed by atoms with van der Waals surface area (Å²) in [5.41, 5.74) is 5.01. The van der Waals surface area contributed by atoms with E-state index in [1.54, 1.807) is 0 Å². The van der Waals surface area contributed by atoms with Crippen LogP contribution in [0.25, 0.3) is 0 Å². The molecule has 0 aliphatic carbocycles. The summed E-state index contributed by atoms with van der Waals surface area (Å²) < 4.78 is 11.7. The number of primary amides is 1. The predicted octanol–water partition coefficient (Wildman–Crippen LogP) is 4.31. The first-order chi connectivity index (χ1) is 11.0. The molecule has 0 atom stereocenters. The van der Waals surface area contributed by atoms with Gasteiger partial charge in [0, 0.05) is 19.8 Å². The molecular weight excluding hydrogens is 308 g/mol. The van der Waals surface area contributed by atoms with Gasteiger partial charge in [-0.25, -0.2) is 4.79 Å². The second kappa shape index (κ2) is 15.0. The van der Waals surface area contributed by atoms with Crippen molar-refractivity contribution in [2.45, 2.75) is 84.2 Å². The van der Waals surface area contributed by atoms with Crippen molar-refractivity contribution in [3.8, 4) is 0 Å². The number of carbonyl (C=O) groups excluding carboxylic acids is 1. The molecule has 0 aromatic heterocycles. The lowest BCUT2D eigenvalue weighted by Crippen LogP contribution is -2.38. The van der Waals surface area contributed by atoms with Gasteiger partial charge in [0.15, 0.2) is 0 Å². The van der Waals surface area contributed by atoms with Gasteiger partial charge < -0.3 is 19.9 Å². The summed E-state index contributed by atoms with van der Waals surface area (Å²) in [6.45, 7) is 8.52. The Kier molecular flexibility index (Phi) is 14.6. The van der Waals surface area contributed by atoms with Gasteiger partial charge in [-0.15, -0.1) is 0 Å². The van der Waals surface area contributed by atoms with Gasteiger partial charge in [0.1, 0.15) is 0 Å². The molecule has 138 valence electrons. The first kappa shape index (κ1) is 22.4. The standard InChI is InChI=1S/C17H38N2O3Si/c1-4-21-23(3,22-5-2)16-14-12-10-8-6-7-9-11-13-15-19-17(18)20/h4-16H2,1-3H3,(H3,18,19,20). The molecule has 2 amide bonds. The molecule has 0 aromatic carbocycles. The van der Waals surface area contributed by atoms with E-state index in [1.807, 2.05) is 13.8 Å². The largest absolute Gasteiger partial charge is 0.395 e. The third kappa shape index (κ3) is 14.7. The van der Waals surface area contributed by atoms with E-state index in [2.05, 4.69) is 11.9 Å². The SMILES string of the molecule is CCO[Si](C)(CCCCCCCCCCCNC(N)=O)OCC. The van der Waals surface area contributed by atoms with Crippen LogP contribution in [-0.4, -0.2) is 34.4 Å². The molecule has 0 heterocycles. The van der Waals surface area contributed by atoms with Gasteiger partial charge in [0.2, 0.25) is 0 Å². The van der Waals surface area contributed by atoms with E-state index in [0.717, 1.165) is 25.7 Å². The lowest BCUT2D eigenvalue weighted by Gasteiger charge is -2.25. The minimum Gasteiger partial charge on any atom is -0.395 e. The lowest BCUT2D eigenvalue weighted by molar-refractivity contribution is 0.188. The maximum atomic E-state index is 10.5. The molecule has 3 N–H and O–H groups in total. The highest BCUT2D eigenvalue weighted by Crippen LogP contribution is 2.19. The van der Waals surface area contributed by atoms with Gasteiger partial charge in [0.05, 0.1) is 0 Å². The van der Waals surface area contributed by atoms with Crippen molar-refractivity contribution < 1.29 is 13.6 Å². The summed E-state index contributed by atoms with van der Waals surface area (Å²) in [7, 11) is -1.89. The van der Waals surface area contributed by atoms with Crippen LogP contribution in [0.15, 0.2) is 0 Å². The minimum atomic E-state index is -1.89. The summed E-state index contributed by atoms with van der Waals surface area (Å²) in [6.07, 6.45) is 11.2. The topological polar surface area (TPSA) is 73.6 Å². The number of unbranched alkanes of at least 4 members (excludes halogenated alkanes) is 8. The number of amides is 2. The van der Waals surface area contributed by atoms with E-state index in [0.29, 0.717) is 6.54 Å². The summed E-state index contributed by atoms with van der Waals surface area (Å²) in [4.78, 5) is 10.5. The van der Waals surface area contributed by atoms with Crippen LogP contribution in [0, 0.1) is 0 Å². The molecule has 5 nitrogen and oxygen atoms in total. The molecule has 0 saturated heterocycles. The van der Waals surface area contributed by atoms with Crippen LogP contribution in [0.5, 0.6) is 0 Å². The highest BCUT2D eigenvalue weighted by Gasteiger charge is 2.29. The number of carbonyl (C=O) groups is 1. The molecule has 0 bridgehead atoms. The molecule has 0 aliphatic heterocycles. The van der Waals surface area contributed by atoms with Gasteiger partial charge >= 0.3 is 14.6 Å². The van der Waals surface area contributed by atoms with Crippen LogP contribution < -0.4 is 11.1 Å². The Balaban J connectivity index is 3.37. The van der Waals surface area contributed by atoms with Gasteiger partial charge in [0.25, 0.3) is 0 Å². The predicted molar refractivity (Wildman–Crippen MR) is 98.8 cm³/mol. The fraction of sp³-hybridized carbons (Fsp3) is 0.941. The Labute approximate surface area is 143 Å². The molecule has 23 heavy (non-hydrogen) atoms. The molecule has 0 saturated carbocycles. The number of nitrogens with one attached hydrogen (secondary N) is 1. The summed E-state index contributed by atoms with van der Waals surface area (Å²) in [6, 6.07) is 0.694. The van der Waals surface area contributed by atoms with Crippen LogP contribution in [0.1, 0.15) is 71.6 Å². The molecule has 0 rings (SSSR count). The molecule has 0 aliphatic rings. The van der Waals surface area contributed by atoms with Crippen molar-refractivity contribution >= 4 is 14.6 Å². The summed E-state index contributed by atoms with van der Waals surface area (Å²) in [5.74, 6) is 0. The maximum Gasteiger partial charge on any atom is 0.334 e. The second-order valence-corrected chi connectivity index (χ2v) is 9.57. The summed E-state index contributed by atoms with van der Waals surface area (Å²) in [5, 5.41) is 2.62. The molecule has 0 radical (unpaired) electrons. The normalized spacial score (nSPS) is 11.6. The quantitative estimate of drug-likeness (QED) is 0.323. The molecular formula is C17H38N2O3Si. The third-order valence-electron chi connectivity index (χ3n) is 4.01. The zero-order valence-electron chi connectivity index (χ0n) is 15.5. The monoisotopic (exact) mass is 346 g/mol. The van der Waals surface area contributed by atoms with E-state index in [-0.39, 0.29) is 0 Å². The number of rotatable bonds is 16. The van der Waals surface area contributed by atoms with E-state index < -0.39 is 14.6 Å². The Bertz CT molecular complexity index is 285. The molecule has 0 spiro atoms. The second-order valence-electron chi connectivity index (χ2n) is 6.22. The average molecular weight is 347 g/mol. The van der Waals surface area contributed by atoms with Gasteiger partial charge in [-0.05, 0) is 32.9 Å². The summed E-state index contributed by atoms with van der Waals surface area (Å²) >= 11 is 0. The van der Waals surface area contributed by atoms with E-state index in [4.69, 9.17) is 14.6 Å². The molecule has 0 unspecified atom stereocenters. The van der Waals surface area contributed by atoms with E-state index in [1.165, 1.54) is 51.4 Å². The van der Waals surface area contributed by atoms with Crippen LogP contribution in [-0.2, 0) is 8.85 Å². The van der Waals surface area contributed by atoms with Crippen molar-refractivity contribution in [1.29, 1.82) is 0 Å². The Hall–Kier alpha value is -0.593. The van der Waals surface area contributed by atoms with Crippen molar-refractivity contribution in [2.75, 3.05) is 19.8 Å². The first-order valence-electron chi connectivity index (χ1n) is 9.35. The molecule has 0 fully saturated rings. The zero-order chi connectivity index (χ0) is 17.4. The van der Waals surface area contributed by atoms with Crippen molar-refractivity contribution in [3.05, 3.63) is 0 Å². The minimum absolute atomic E-state index is 0.419. The Morgan fingerprint density at radius 3 is 1.74 bits per heavy atom. The number of hydrogen-bond donors (Lipinski definition) is 2. The molecule has 6 heteroatoms. The van der Waals surface area contributed by atoms with Crippen LogP contribution in [0.3, 0.4) is 0 Å². The average Bonchev–Trinajstić information content (AvgIpc) is 2.48. The van der Waals surface area contributed by atoms with Crippen LogP contribution in [0.2, 0.25) is 12.6 Å². The Morgan fingerprint density at radius 1 is 0.870 bits per heavy atom. The highest BCUT2D eigenvalue weighted by molar-refractivity contribution is 6.66. The first-order valence-corrected chi connectivity index (χ1v) is 11.9. The van der Waals surface area contributed by atoms with Crippen LogP contribution >= 0.6 is 0 Å². The number of hydrogen-bond acceptors (Lipinski definition) is 3. The van der Waals surface area contributed by atoms with E-state index >= 15 is 0 Å². The zero-order valence-corrected chi connectivity index (χ0v) is 16.5. The fourth-order valence-electron chi connectivity index (χ4n) is 2.82. The van der Waals surface area contributed by atoms with Crippen molar-refractivity contribution in [2.24, 2.45) is 5.73 Å². The Morgan fingerprint density at radius 2 is 1.30 bits per heavy atom. The highest BCUT2D eigenvalue weighted by atomic mass is 28.4. The number of nitrogens with two attached hydrogens (primary N) is 1. The third-order valence-corrected chi connectivity index (χ3v) is 7.07. The fourth-order valence-corrected chi connectivity index (χ4v) is 5.30. The number of urea groups is 1. The van der Waals surface area contributed by atoms with E-state index in [9.17, 15) is 4.79 Å². The van der Waals surface area contributed by atoms with Crippen molar-refractivity contribution in [3.63, 3.8) is 0 Å². The van der Waals surface area contributed by atoms with Crippen LogP contribution in [0.4, 0.5) is 4.79 Å². The molecule has 0 aromatic rings. The van der Waals surface area contributed by atoms with Gasteiger partial charge in [-0.2, -0.15) is 0 Å². The van der Waals surface area contributed by atoms with Gasteiger partial charge in [-0.1, -0.05) is 51.4 Å². The van der Waals surface area contributed by atoms with Crippen molar-refractivity contribution in [1.82, 2.24) is 5.32 Å². The smallest absolute Gasteiger partial charge is 0.334 e. The van der Waals surface area contributed by atoms with Gasteiger partial charge in [-0.3, -0.25) is 0 Å². The maximum absolute atomic E-state index is 10.5.